The molecule has 28 heavy (non-hydrogen) atoms. The van der Waals surface area contributed by atoms with Gasteiger partial charge in [-0.3, -0.25) is 15.2 Å². The molecule has 7 nitrogen and oxygen atoms in total. The summed E-state index contributed by atoms with van der Waals surface area (Å²) in [4.78, 5) is 17.0. The molecule has 1 fully saturated rings. The number of hydrogen-bond acceptors (Lipinski definition) is 5. The van der Waals surface area contributed by atoms with Crippen LogP contribution in [0.4, 0.5) is 0 Å². The monoisotopic (exact) mass is 385 g/mol. The molecule has 1 aromatic carbocycles. The summed E-state index contributed by atoms with van der Waals surface area (Å²) in [6.07, 6.45) is 4.50. The zero-order chi connectivity index (χ0) is 19.9. The van der Waals surface area contributed by atoms with Gasteiger partial charge in [-0.25, -0.2) is 0 Å². The van der Waals surface area contributed by atoms with Crippen LogP contribution in [0.25, 0.3) is 0 Å². The summed E-state index contributed by atoms with van der Waals surface area (Å²) in [5, 5.41) is 13.4. The third kappa shape index (κ3) is 5.55. The Kier molecular flexibility index (Phi) is 7.03. The predicted molar refractivity (Wildman–Crippen MR) is 105 cm³/mol. The summed E-state index contributed by atoms with van der Waals surface area (Å²) < 4.78 is 4.82. The fourth-order valence-electron chi connectivity index (χ4n) is 3.86. The van der Waals surface area contributed by atoms with Gasteiger partial charge in [0.15, 0.2) is 5.78 Å². The van der Waals surface area contributed by atoms with Crippen molar-refractivity contribution in [2.45, 2.75) is 33.1 Å². The number of nitrogens with zero attached hydrogens (tertiary/aromatic N) is 4. The molecule has 1 saturated heterocycles. The van der Waals surface area contributed by atoms with Crippen molar-refractivity contribution in [2.75, 3.05) is 37.7 Å². The van der Waals surface area contributed by atoms with Gasteiger partial charge in [0.2, 0.25) is 0 Å². The van der Waals surface area contributed by atoms with Crippen molar-refractivity contribution in [3.8, 4) is 0 Å². The van der Waals surface area contributed by atoms with Crippen LogP contribution in [0.15, 0.2) is 41.1 Å². The summed E-state index contributed by atoms with van der Waals surface area (Å²) in [6, 6.07) is 9.69. The molecular weight excluding hydrogens is 354 g/mol. The Balaban J connectivity index is 1.46. The number of hydrogen-bond donors (Lipinski definition) is 1. The number of ketones is 1. The van der Waals surface area contributed by atoms with Gasteiger partial charge in [-0.1, -0.05) is 49.0 Å². The minimum atomic E-state index is 0.0710. The largest absolute Gasteiger partial charge is 0.380 e. The minimum absolute atomic E-state index is 0.0710. The molecule has 7 heteroatoms. The predicted octanol–water partition coefficient (Wildman–Crippen LogP) is 1.58. The first-order valence-electron chi connectivity index (χ1n) is 10.2. The first-order chi connectivity index (χ1) is 13.5. The van der Waals surface area contributed by atoms with Crippen LogP contribution in [0.2, 0.25) is 0 Å². The second-order valence-electron chi connectivity index (χ2n) is 7.98. The van der Waals surface area contributed by atoms with E-state index in [2.05, 4.69) is 29.0 Å². The number of piperazine rings is 1. The van der Waals surface area contributed by atoms with Gasteiger partial charge in [-0.2, -0.15) is 0 Å². The highest BCUT2D eigenvalue weighted by Gasteiger charge is 2.22. The molecule has 1 unspecified atom stereocenters. The Morgan fingerprint density at radius 3 is 2.54 bits per heavy atom. The van der Waals surface area contributed by atoms with Crippen molar-refractivity contribution in [1.82, 2.24) is 10.2 Å². The van der Waals surface area contributed by atoms with Crippen molar-refractivity contribution < 1.29 is 14.1 Å². The zero-order valence-corrected chi connectivity index (χ0v) is 16.9. The molecule has 3 rings (SSSR count). The Labute approximate surface area is 166 Å². The lowest BCUT2D eigenvalue weighted by molar-refractivity contribution is -0.764. The number of nitrogens with one attached hydrogen (secondary N) is 1. The SMILES string of the molecule is CC(C)CC(CCCN1CCN([n+]2cc(=N)o[n-]2)CC1)C(=O)c1ccccc1. The van der Waals surface area contributed by atoms with Crippen molar-refractivity contribution in [3.63, 3.8) is 0 Å². The average molecular weight is 386 g/mol. The van der Waals surface area contributed by atoms with Crippen molar-refractivity contribution >= 4 is 5.78 Å². The summed E-state index contributed by atoms with van der Waals surface area (Å²) in [7, 11) is 0. The van der Waals surface area contributed by atoms with E-state index in [4.69, 9.17) is 9.93 Å². The van der Waals surface area contributed by atoms with Crippen molar-refractivity contribution in [1.29, 1.82) is 5.41 Å². The summed E-state index contributed by atoms with van der Waals surface area (Å²) in [5.74, 6) is 0.903. The maximum Gasteiger partial charge on any atom is 0.286 e. The number of rotatable bonds is 9. The Hall–Kier alpha value is -2.41. The smallest absolute Gasteiger partial charge is 0.286 e. The van der Waals surface area contributed by atoms with Crippen LogP contribution in [0, 0.1) is 17.2 Å². The number of aromatic nitrogens is 2. The Morgan fingerprint density at radius 2 is 1.93 bits per heavy atom. The first-order valence-corrected chi connectivity index (χ1v) is 10.2. The van der Waals surface area contributed by atoms with E-state index < -0.39 is 0 Å². The standard InChI is InChI=1S/C21H31N5O2/c1-17(2)15-19(21(27)18-7-4-3-5-8-18)9-6-10-24-11-13-25(14-12-24)26-16-20(22)28-23-26/h3-5,7-8,16-17,19,22H,6,9-15H2,1-2H3. The van der Waals surface area contributed by atoms with Gasteiger partial charge in [0.25, 0.3) is 11.8 Å². The molecule has 2 aromatic rings. The molecule has 0 aliphatic carbocycles. The maximum absolute atomic E-state index is 12.9. The lowest BCUT2D eigenvalue weighted by Crippen LogP contribution is -2.66. The van der Waals surface area contributed by atoms with Gasteiger partial charge in [-0.05, 0) is 37.0 Å². The van der Waals surface area contributed by atoms with E-state index in [0.717, 1.165) is 57.5 Å². The minimum Gasteiger partial charge on any atom is -0.380 e. The molecule has 0 spiro atoms. The normalized spacial score (nSPS) is 16.5. The number of carbonyl (C=O) groups is 1. The number of Topliss-reactive ketones (excluding diaryl/α,β-unsaturated/α-hetero) is 1. The lowest BCUT2D eigenvalue weighted by atomic mass is 9.86. The van der Waals surface area contributed by atoms with Gasteiger partial charge in [0.05, 0.1) is 0 Å². The third-order valence-corrected chi connectivity index (χ3v) is 5.31. The zero-order valence-electron chi connectivity index (χ0n) is 16.9. The van der Waals surface area contributed by atoms with Crippen molar-refractivity contribution in [3.05, 3.63) is 47.6 Å². The van der Waals surface area contributed by atoms with Gasteiger partial charge in [0.1, 0.15) is 0 Å². The summed E-state index contributed by atoms with van der Waals surface area (Å²) in [5.41, 5.74) is 0.905. The quantitative estimate of drug-likeness (QED) is 0.524. The number of carbonyl (C=O) groups excluding carboxylic acids is 1. The van der Waals surface area contributed by atoms with E-state index in [-0.39, 0.29) is 17.3 Å². The molecule has 0 bridgehead atoms. The molecule has 0 saturated carbocycles. The van der Waals surface area contributed by atoms with Crippen LogP contribution >= 0.6 is 0 Å². The topological polar surface area (TPSA) is 78.5 Å². The molecule has 0 radical (unpaired) electrons. The van der Waals surface area contributed by atoms with Crippen LogP contribution in [0.1, 0.15) is 43.5 Å². The molecule has 1 atom stereocenters. The molecule has 1 aromatic heterocycles. The Bertz CT molecular complexity index is 790. The maximum atomic E-state index is 12.9. The Morgan fingerprint density at radius 1 is 1.21 bits per heavy atom. The molecule has 0 amide bonds. The molecule has 1 N–H and O–H groups in total. The molecule has 152 valence electrons. The van der Waals surface area contributed by atoms with Crippen LogP contribution < -0.4 is 20.6 Å². The van der Waals surface area contributed by atoms with E-state index in [0.29, 0.717) is 5.92 Å². The third-order valence-electron chi connectivity index (χ3n) is 5.31. The fraction of sp³-hybridized carbons (Fsp3) is 0.571. The average Bonchev–Trinajstić information content (AvgIpc) is 3.14. The van der Waals surface area contributed by atoms with Crippen LogP contribution in [-0.4, -0.2) is 43.4 Å². The lowest BCUT2D eigenvalue weighted by Gasteiger charge is -2.35. The molecular formula is C21H31N5O2. The second-order valence-corrected chi connectivity index (χ2v) is 7.98. The van der Waals surface area contributed by atoms with Crippen molar-refractivity contribution in [2.24, 2.45) is 11.8 Å². The van der Waals surface area contributed by atoms with E-state index >= 15 is 0 Å². The van der Waals surface area contributed by atoms with E-state index in [1.807, 2.05) is 30.3 Å². The highest BCUT2D eigenvalue weighted by atomic mass is 16.5. The number of benzene rings is 1. The van der Waals surface area contributed by atoms with E-state index in [1.54, 1.807) is 11.0 Å². The van der Waals surface area contributed by atoms with Gasteiger partial charge < -0.3 is 9.42 Å². The highest BCUT2D eigenvalue weighted by molar-refractivity contribution is 5.97. The summed E-state index contributed by atoms with van der Waals surface area (Å²) in [6.45, 7) is 9.01. The van der Waals surface area contributed by atoms with Crippen LogP contribution in [0.3, 0.4) is 0 Å². The molecule has 2 heterocycles. The van der Waals surface area contributed by atoms with Crippen LogP contribution in [-0.2, 0) is 0 Å². The van der Waals surface area contributed by atoms with Gasteiger partial charge in [0, 0.05) is 37.7 Å². The molecule has 1 aliphatic heterocycles. The van der Waals surface area contributed by atoms with Crippen LogP contribution in [0.5, 0.6) is 0 Å². The molecule has 1 aliphatic rings. The summed E-state index contributed by atoms with van der Waals surface area (Å²) >= 11 is 0. The van der Waals surface area contributed by atoms with Gasteiger partial charge in [-0.15, -0.1) is 0 Å². The van der Waals surface area contributed by atoms with E-state index in [1.165, 1.54) is 0 Å². The fourth-order valence-corrected chi connectivity index (χ4v) is 3.86. The highest BCUT2D eigenvalue weighted by Crippen LogP contribution is 2.22. The van der Waals surface area contributed by atoms with E-state index in [9.17, 15) is 4.79 Å². The first kappa shape index (κ1) is 20.3. The second kappa shape index (κ2) is 9.68. The van der Waals surface area contributed by atoms with Gasteiger partial charge >= 0.3 is 0 Å².